The number of hydrogen-bond acceptors (Lipinski definition) is 1. The predicted octanol–water partition coefficient (Wildman–Crippen LogP) is 1.73. The van der Waals surface area contributed by atoms with Crippen molar-refractivity contribution in [3.05, 3.63) is 0 Å². The summed E-state index contributed by atoms with van der Waals surface area (Å²) in [6, 6.07) is 0. The Balaban J connectivity index is 3.15. The average Bonchev–Trinajstić information content (AvgIpc) is 1.30. The first-order chi connectivity index (χ1) is 3.06. The lowest BCUT2D eigenvalue weighted by molar-refractivity contribution is -0.111. The minimum atomic E-state index is -1.45. The first kappa shape index (κ1) is 6.89. The minimum Gasteiger partial charge on any atom is -0.346 e. The summed E-state index contributed by atoms with van der Waals surface area (Å²) < 4.78 is 16.7. The molecule has 0 radical (unpaired) electrons. The zero-order valence-corrected chi connectivity index (χ0v) is 4.99. The summed E-state index contributed by atoms with van der Waals surface area (Å²) in [6.45, 7) is 4.97. The summed E-state index contributed by atoms with van der Waals surface area (Å²) in [7, 11) is 0. The smallest absolute Gasteiger partial charge is 0.203 e. The van der Waals surface area contributed by atoms with E-state index in [1.54, 1.807) is 6.92 Å². The summed E-state index contributed by atoms with van der Waals surface area (Å²) >= 11 is 0. The predicted molar refractivity (Wildman–Crippen MR) is 26.8 cm³/mol. The molecule has 44 valence electrons. The summed E-state index contributed by atoms with van der Waals surface area (Å²) in [5.74, 6) is -1.45. The van der Waals surface area contributed by atoms with Gasteiger partial charge in [-0.15, -0.1) is 0 Å². The van der Waals surface area contributed by atoms with Crippen LogP contribution in [0.5, 0.6) is 0 Å². The van der Waals surface area contributed by atoms with Crippen LogP contribution in [0.1, 0.15) is 20.8 Å². The molecule has 0 aliphatic carbocycles. The SMILES string of the molecule is CCOC(C)(C)F. The fourth-order valence-corrected chi connectivity index (χ4v) is 0.343. The Labute approximate surface area is 43.5 Å². The van der Waals surface area contributed by atoms with Crippen LogP contribution in [0.15, 0.2) is 0 Å². The van der Waals surface area contributed by atoms with Crippen LogP contribution >= 0.6 is 0 Å². The van der Waals surface area contributed by atoms with E-state index in [2.05, 4.69) is 4.74 Å². The molecular formula is C5H11FO. The van der Waals surface area contributed by atoms with Crippen LogP contribution in [0.25, 0.3) is 0 Å². The van der Waals surface area contributed by atoms with Crippen molar-refractivity contribution in [1.29, 1.82) is 0 Å². The van der Waals surface area contributed by atoms with Gasteiger partial charge in [0.05, 0.1) is 0 Å². The highest BCUT2D eigenvalue weighted by molar-refractivity contribution is 4.45. The Bertz CT molecular complexity index is 46.5. The van der Waals surface area contributed by atoms with Gasteiger partial charge < -0.3 is 4.74 Å². The highest BCUT2D eigenvalue weighted by Crippen LogP contribution is 2.08. The standard InChI is InChI=1S/C5H11FO/c1-4-7-5(2,3)6/h4H2,1-3H3. The number of alkyl halides is 1. The Kier molecular flexibility index (Phi) is 2.23. The van der Waals surface area contributed by atoms with E-state index in [0.29, 0.717) is 6.61 Å². The monoisotopic (exact) mass is 106 g/mol. The fraction of sp³-hybridized carbons (Fsp3) is 1.00. The maximum atomic E-state index is 12.2. The average molecular weight is 106 g/mol. The summed E-state index contributed by atoms with van der Waals surface area (Å²) in [5.41, 5.74) is 0. The number of ether oxygens (including phenoxy) is 1. The zero-order valence-electron chi connectivity index (χ0n) is 4.99. The van der Waals surface area contributed by atoms with Gasteiger partial charge in [0.2, 0.25) is 5.85 Å². The molecule has 0 spiro atoms. The molecular weight excluding hydrogens is 95.1 g/mol. The number of rotatable bonds is 2. The topological polar surface area (TPSA) is 9.23 Å². The van der Waals surface area contributed by atoms with Crippen molar-refractivity contribution in [2.45, 2.75) is 26.6 Å². The van der Waals surface area contributed by atoms with Gasteiger partial charge in [-0.25, -0.2) is 4.39 Å². The van der Waals surface area contributed by atoms with E-state index in [1.807, 2.05) is 0 Å². The summed E-state index contributed by atoms with van der Waals surface area (Å²) in [6.07, 6.45) is 0. The van der Waals surface area contributed by atoms with Crippen molar-refractivity contribution >= 4 is 0 Å². The van der Waals surface area contributed by atoms with Crippen molar-refractivity contribution in [3.63, 3.8) is 0 Å². The second-order valence-corrected chi connectivity index (χ2v) is 1.80. The first-order valence-electron chi connectivity index (χ1n) is 2.39. The molecule has 0 aliphatic heterocycles. The Morgan fingerprint density at radius 3 is 2.00 bits per heavy atom. The third kappa shape index (κ3) is 5.89. The van der Waals surface area contributed by atoms with Crippen molar-refractivity contribution in [2.24, 2.45) is 0 Å². The molecule has 0 aliphatic rings. The van der Waals surface area contributed by atoms with Crippen LogP contribution in [-0.2, 0) is 4.74 Å². The quantitative estimate of drug-likeness (QED) is 0.521. The van der Waals surface area contributed by atoms with Gasteiger partial charge in [0.1, 0.15) is 0 Å². The lowest BCUT2D eigenvalue weighted by Crippen LogP contribution is -2.16. The molecule has 0 aromatic heterocycles. The molecule has 0 fully saturated rings. The Morgan fingerprint density at radius 1 is 1.57 bits per heavy atom. The van der Waals surface area contributed by atoms with Crippen LogP contribution < -0.4 is 0 Å². The van der Waals surface area contributed by atoms with Gasteiger partial charge in [-0.1, -0.05) is 0 Å². The molecule has 0 saturated carbocycles. The summed E-state index contributed by atoms with van der Waals surface area (Å²) in [4.78, 5) is 0. The maximum absolute atomic E-state index is 12.2. The molecule has 2 heteroatoms. The van der Waals surface area contributed by atoms with Crippen molar-refractivity contribution in [1.82, 2.24) is 0 Å². The highest BCUT2D eigenvalue weighted by Gasteiger charge is 2.12. The second-order valence-electron chi connectivity index (χ2n) is 1.80. The largest absolute Gasteiger partial charge is 0.346 e. The van der Waals surface area contributed by atoms with Gasteiger partial charge in [-0.2, -0.15) is 0 Å². The van der Waals surface area contributed by atoms with Crippen LogP contribution in [-0.4, -0.2) is 12.5 Å². The third-order valence-corrected chi connectivity index (χ3v) is 0.488. The van der Waals surface area contributed by atoms with Gasteiger partial charge in [0, 0.05) is 6.61 Å². The van der Waals surface area contributed by atoms with Crippen LogP contribution in [0.4, 0.5) is 4.39 Å². The molecule has 0 aromatic carbocycles. The maximum Gasteiger partial charge on any atom is 0.203 e. The first-order valence-corrected chi connectivity index (χ1v) is 2.39. The van der Waals surface area contributed by atoms with Gasteiger partial charge in [-0.3, -0.25) is 0 Å². The normalized spacial score (nSPS) is 12.0. The third-order valence-electron chi connectivity index (χ3n) is 0.488. The Morgan fingerprint density at radius 2 is 2.00 bits per heavy atom. The molecule has 0 N–H and O–H groups in total. The van der Waals surface area contributed by atoms with Crippen LogP contribution in [0, 0.1) is 0 Å². The van der Waals surface area contributed by atoms with E-state index in [-0.39, 0.29) is 0 Å². The second kappa shape index (κ2) is 2.26. The van der Waals surface area contributed by atoms with E-state index >= 15 is 0 Å². The number of hydrogen-bond donors (Lipinski definition) is 0. The van der Waals surface area contributed by atoms with E-state index < -0.39 is 5.85 Å². The zero-order chi connectivity index (χ0) is 5.91. The number of halogens is 1. The van der Waals surface area contributed by atoms with Crippen molar-refractivity contribution in [2.75, 3.05) is 6.61 Å². The molecule has 0 aromatic rings. The molecule has 0 heterocycles. The molecule has 0 saturated heterocycles. The van der Waals surface area contributed by atoms with E-state index in [0.717, 1.165) is 0 Å². The molecule has 0 amide bonds. The minimum absolute atomic E-state index is 0.434. The van der Waals surface area contributed by atoms with Crippen molar-refractivity contribution < 1.29 is 9.13 Å². The molecule has 0 unspecified atom stereocenters. The van der Waals surface area contributed by atoms with Gasteiger partial charge >= 0.3 is 0 Å². The van der Waals surface area contributed by atoms with Gasteiger partial charge in [0.25, 0.3) is 0 Å². The van der Waals surface area contributed by atoms with Gasteiger partial charge in [0.15, 0.2) is 0 Å². The van der Waals surface area contributed by atoms with Gasteiger partial charge in [-0.05, 0) is 20.8 Å². The lowest BCUT2D eigenvalue weighted by atomic mass is 10.4. The van der Waals surface area contributed by atoms with Crippen LogP contribution in [0.2, 0.25) is 0 Å². The molecule has 0 bridgehead atoms. The Hall–Kier alpha value is -0.110. The van der Waals surface area contributed by atoms with Crippen LogP contribution in [0.3, 0.4) is 0 Å². The fourth-order valence-electron chi connectivity index (χ4n) is 0.343. The highest BCUT2D eigenvalue weighted by atomic mass is 19.2. The van der Waals surface area contributed by atoms with E-state index in [4.69, 9.17) is 0 Å². The molecule has 1 nitrogen and oxygen atoms in total. The molecule has 0 atom stereocenters. The molecule has 7 heavy (non-hydrogen) atoms. The molecule has 0 rings (SSSR count). The lowest BCUT2D eigenvalue weighted by Gasteiger charge is -2.12. The van der Waals surface area contributed by atoms with E-state index in [1.165, 1.54) is 13.8 Å². The van der Waals surface area contributed by atoms with E-state index in [9.17, 15) is 4.39 Å². The summed E-state index contributed by atoms with van der Waals surface area (Å²) in [5, 5.41) is 0. The van der Waals surface area contributed by atoms with Crippen molar-refractivity contribution in [3.8, 4) is 0 Å².